The van der Waals surface area contributed by atoms with Gasteiger partial charge >= 0.3 is 0 Å². The molecule has 2 rings (SSSR count). The first kappa shape index (κ1) is 22.0. The number of aryl methyl sites for hydroxylation is 2. The SMILES string of the molecule is CCc1ccc(CCC(=O)N(Cc2ccc(Cl)cc2)[C@H](CC)C(=O)NC)cc1. The van der Waals surface area contributed by atoms with Crippen LogP contribution in [-0.4, -0.2) is 29.8 Å². The highest BCUT2D eigenvalue weighted by Gasteiger charge is 2.27. The highest BCUT2D eigenvalue weighted by atomic mass is 35.5. The summed E-state index contributed by atoms with van der Waals surface area (Å²) in [5.74, 6) is -0.165. The molecular weight excluding hydrogens is 372 g/mol. The van der Waals surface area contributed by atoms with E-state index >= 15 is 0 Å². The molecular formula is C23H29ClN2O2. The van der Waals surface area contributed by atoms with Crippen LogP contribution in [0.2, 0.25) is 5.02 Å². The fraction of sp³-hybridized carbons (Fsp3) is 0.391. The van der Waals surface area contributed by atoms with Crippen molar-refractivity contribution in [2.75, 3.05) is 7.05 Å². The van der Waals surface area contributed by atoms with Crippen molar-refractivity contribution < 1.29 is 9.59 Å². The molecule has 0 aliphatic heterocycles. The van der Waals surface area contributed by atoms with Crippen molar-refractivity contribution in [1.82, 2.24) is 10.2 Å². The zero-order chi connectivity index (χ0) is 20.5. The number of halogens is 1. The second kappa shape index (κ2) is 10.9. The van der Waals surface area contributed by atoms with Crippen LogP contribution in [0.3, 0.4) is 0 Å². The van der Waals surface area contributed by atoms with Gasteiger partial charge in [0.2, 0.25) is 11.8 Å². The predicted octanol–water partition coefficient (Wildman–Crippen LogP) is 4.39. The first-order valence-corrected chi connectivity index (χ1v) is 10.2. The molecule has 0 fully saturated rings. The maximum atomic E-state index is 13.1. The molecule has 0 saturated heterocycles. The van der Waals surface area contributed by atoms with Crippen molar-refractivity contribution in [1.29, 1.82) is 0 Å². The Labute approximate surface area is 172 Å². The Morgan fingerprint density at radius 1 is 0.964 bits per heavy atom. The minimum atomic E-state index is -0.490. The highest BCUT2D eigenvalue weighted by molar-refractivity contribution is 6.30. The number of nitrogens with zero attached hydrogens (tertiary/aromatic N) is 1. The number of likely N-dealkylation sites (N-methyl/N-ethyl adjacent to an activating group) is 1. The summed E-state index contributed by atoms with van der Waals surface area (Å²) in [5, 5.41) is 3.33. The molecule has 2 amide bonds. The van der Waals surface area contributed by atoms with Crippen molar-refractivity contribution in [2.24, 2.45) is 0 Å². The molecule has 1 N–H and O–H groups in total. The van der Waals surface area contributed by atoms with Crippen molar-refractivity contribution >= 4 is 23.4 Å². The predicted molar refractivity (Wildman–Crippen MR) is 114 cm³/mol. The Kier molecular flexibility index (Phi) is 8.52. The van der Waals surface area contributed by atoms with Crippen molar-refractivity contribution in [3.8, 4) is 0 Å². The van der Waals surface area contributed by atoms with Gasteiger partial charge in [-0.1, -0.05) is 61.8 Å². The van der Waals surface area contributed by atoms with Crippen LogP contribution in [0.1, 0.15) is 43.4 Å². The summed E-state index contributed by atoms with van der Waals surface area (Å²) < 4.78 is 0. The van der Waals surface area contributed by atoms with Gasteiger partial charge in [-0.05, 0) is 48.1 Å². The van der Waals surface area contributed by atoms with Crippen LogP contribution in [0.4, 0.5) is 0 Å². The van der Waals surface area contributed by atoms with Gasteiger partial charge in [-0.3, -0.25) is 9.59 Å². The average Bonchev–Trinajstić information content (AvgIpc) is 2.73. The standard InChI is InChI=1S/C23H29ClN2O2/c1-4-17-6-8-18(9-7-17)12-15-22(27)26(21(5-2)23(28)25-3)16-19-10-13-20(24)14-11-19/h6-11,13-14,21H,4-5,12,15-16H2,1-3H3,(H,25,28)/t21-/m1/s1. The molecule has 1 atom stereocenters. The Balaban J connectivity index is 2.14. The van der Waals surface area contributed by atoms with E-state index in [1.807, 2.05) is 19.1 Å². The molecule has 0 radical (unpaired) electrons. The molecule has 2 aromatic carbocycles. The molecule has 28 heavy (non-hydrogen) atoms. The summed E-state index contributed by atoms with van der Waals surface area (Å²) in [7, 11) is 1.60. The second-order valence-electron chi connectivity index (χ2n) is 6.86. The van der Waals surface area contributed by atoms with Crippen LogP contribution in [0.25, 0.3) is 0 Å². The van der Waals surface area contributed by atoms with Gasteiger partial charge in [0, 0.05) is 25.0 Å². The zero-order valence-electron chi connectivity index (χ0n) is 16.9. The molecule has 0 spiro atoms. The molecule has 0 aliphatic rings. The molecule has 4 nitrogen and oxygen atoms in total. The fourth-order valence-electron chi connectivity index (χ4n) is 3.21. The van der Waals surface area contributed by atoms with Crippen LogP contribution in [0.5, 0.6) is 0 Å². The summed E-state index contributed by atoms with van der Waals surface area (Å²) in [4.78, 5) is 27.1. The molecule has 0 heterocycles. The van der Waals surface area contributed by atoms with E-state index in [9.17, 15) is 9.59 Å². The molecule has 5 heteroatoms. The van der Waals surface area contributed by atoms with Crippen LogP contribution in [0.15, 0.2) is 48.5 Å². The van der Waals surface area contributed by atoms with E-state index in [0.717, 1.165) is 17.5 Å². The number of hydrogen-bond acceptors (Lipinski definition) is 2. The lowest BCUT2D eigenvalue weighted by Crippen LogP contribution is -2.48. The van der Waals surface area contributed by atoms with E-state index in [1.54, 1.807) is 24.1 Å². The molecule has 0 saturated carbocycles. The van der Waals surface area contributed by atoms with Gasteiger partial charge in [0.25, 0.3) is 0 Å². The molecule has 0 unspecified atom stereocenters. The third kappa shape index (κ3) is 6.10. The first-order valence-electron chi connectivity index (χ1n) is 9.81. The summed E-state index contributed by atoms with van der Waals surface area (Å²) >= 11 is 5.97. The minimum absolute atomic E-state index is 0.0232. The Morgan fingerprint density at radius 3 is 2.07 bits per heavy atom. The monoisotopic (exact) mass is 400 g/mol. The number of benzene rings is 2. The second-order valence-corrected chi connectivity index (χ2v) is 7.29. The first-order chi connectivity index (χ1) is 13.5. The minimum Gasteiger partial charge on any atom is -0.357 e. The third-order valence-corrected chi connectivity index (χ3v) is 5.21. The number of hydrogen-bond donors (Lipinski definition) is 1. The fourth-order valence-corrected chi connectivity index (χ4v) is 3.34. The van der Waals surface area contributed by atoms with E-state index in [0.29, 0.717) is 30.8 Å². The maximum Gasteiger partial charge on any atom is 0.242 e. The lowest BCUT2D eigenvalue weighted by Gasteiger charge is -2.30. The number of carbonyl (C=O) groups is 2. The van der Waals surface area contributed by atoms with E-state index < -0.39 is 6.04 Å². The molecule has 0 bridgehead atoms. The number of amides is 2. The average molecular weight is 401 g/mol. The van der Waals surface area contributed by atoms with Gasteiger partial charge in [-0.15, -0.1) is 0 Å². The van der Waals surface area contributed by atoms with Gasteiger partial charge in [-0.2, -0.15) is 0 Å². The summed E-state index contributed by atoms with van der Waals surface area (Å²) in [6, 6.07) is 15.2. The van der Waals surface area contributed by atoms with E-state index in [1.165, 1.54) is 5.56 Å². The Morgan fingerprint density at radius 2 is 1.54 bits per heavy atom. The van der Waals surface area contributed by atoms with E-state index in [-0.39, 0.29) is 11.8 Å². The van der Waals surface area contributed by atoms with Crippen LogP contribution in [-0.2, 0) is 29.0 Å². The topological polar surface area (TPSA) is 49.4 Å². The van der Waals surface area contributed by atoms with Gasteiger partial charge in [0.05, 0.1) is 0 Å². The summed E-state index contributed by atoms with van der Waals surface area (Å²) in [6.45, 7) is 4.43. The smallest absolute Gasteiger partial charge is 0.242 e. The normalized spacial score (nSPS) is 11.7. The van der Waals surface area contributed by atoms with Crippen LogP contribution >= 0.6 is 11.6 Å². The van der Waals surface area contributed by atoms with Gasteiger partial charge in [-0.25, -0.2) is 0 Å². The number of rotatable bonds is 9. The summed E-state index contributed by atoms with van der Waals surface area (Å²) in [6.07, 6.45) is 2.58. The molecule has 0 aromatic heterocycles. The third-order valence-electron chi connectivity index (χ3n) is 4.96. The van der Waals surface area contributed by atoms with Crippen molar-refractivity contribution in [3.05, 3.63) is 70.2 Å². The quantitative estimate of drug-likeness (QED) is 0.678. The maximum absolute atomic E-state index is 13.1. The van der Waals surface area contributed by atoms with E-state index in [4.69, 9.17) is 11.6 Å². The Bertz CT molecular complexity index is 772. The zero-order valence-corrected chi connectivity index (χ0v) is 17.6. The molecule has 2 aromatic rings. The van der Waals surface area contributed by atoms with Gasteiger partial charge in [0.15, 0.2) is 0 Å². The molecule has 0 aliphatic carbocycles. The lowest BCUT2D eigenvalue weighted by atomic mass is 10.0. The number of nitrogens with one attached hydrogen (secondary N) is 1. The lowest BCUT2D eigenvalue weighted by molar-refractivity contribution is -0.141. The summed E-state index contributed by atoms with van der Waals surface area (Å²) in [5.41, 5.74) is 3.36. The van der Waals surface area contributed by atoms with Crippen molar-refractivity contribution in [2.45, 2.75) is 52.1 Å². The van der Waals surface area contributed by atoms with Crippen LogP contribution in [0, 0.1) is 0 Å². The largest absolute Gasteiger partial charge is 0.357 e. The van der Waals surface area contributed by atoms with Crippen LogP contribution < -0.4 is 5.32 Å². The Hall–Kier alpha value is -2.33. The van der Waals surface area contributed by atoms with Crippen molar-refractivity contribution in [3.63, 3.8) is 0 Å². The van der Waals surface area contributed by atoms with Gasteiger partial charge in [0.1, 0.15) is 6.04 Å². The number of carbonyl (C=O) groups excluding carboxylic acids is 2. The van der Waals surface area contributed by atoms with E-state index in [2.05, 4.69) is 36.5 Å². The highest BCUT2D eigenvalue weighted by Crippen LogP contribution is 2.17. The van der Waals surface area contributed by atoms with Gasteiger partial charge < -0.3 is 10.2 Å². The molecule has 150 valence electrons.